The molecule has 0 bridgehead atoms. The molecule has 0 aromatic rings. The molecule has 0 saturated carbocycles. The van der Waals surface area contributed by atoms with Crippen LogP contribution in [0, 0.1) is 0 Å². The Balaban J connectivity index is 3.96. The molecule has 0 saturated heterocycles. The molecule has 0 aromatic carbocycles. The molecule has 2 unspecified atom stereocenters. The molecule has 0 rings (SSSR count). The van der Waals surface area contributed by atoms with E-state index in [9.17, 15) is 19.0 Å². The van der Waals surface area contributed by atoms with E-state index < -0.39 is 26.5 Å². The van der Waals surface area contributed by atoms with Crippen LogP contribution in [0.5, 0.6) is 0 Å². The van der Waals surface area contributed by atoms with Crippen molar-refractivity contribution in [3.05, 3.63) is 85.1 Å². The highest BCUT2D eigenvalue weighted by molar-refractivity contribution is 7.47. The average Bonchev–Trinajstić information content (AvgIpc) is 2.23. The van der Waals surface area contributed by atoms with Gasteiger partial charge in [0.05, 0.1) is 27.7 Å². The van der Waals surface area contributed by atoms with Gasteiger partial charge in [-0.1, -0.05) is 356 Å². The highest BCUT2D eigenvalue weighted by Gasteiger charge is 2.27. The van der Waals surface area contributed by atoms with Crippen LogP contribution >= 0.6 is 7.82 Å². The van der Waals surface area contributed by atoms with Crippen LogP contribution in [0.15, 0.2) is 85.1 Å². The molecule has 92 heavy (non-hydrogen) atoms. The fourth-order valence-corrected chi connectivity index (χ4v) is 12.2. The number of phosphoric acid groups is 1. The topological polar surface area (TPSA) is 108 Å². The van der Waals surface area contributed by atoms with Crippen LogP contribution in [0.4, 0.5) is 0 Å². The maximum atomic E-state index is 12.9. The summed E-state index contributed by atoms with van der Waals surface area (Å²) in [6, 6.07) is 0. The third-order valence-corrected chi connectivity index (χ3v) is 18.4. The van der Waals surface area contributed by atoms with Crippen LogP contribution in [0.3, 0.4) is 0 Å². The van der Waals surface area contributed by atoms with Gasteiger partial charge >= 0.3 is 19.8 Å². The van der Waals surface area contributed by atoms with Crippen molar-refractivity contribution in [2.75, 3.05) is 47.5 Å². The lowest BCUT2D eigenvalue weighted by Gasteiger charge is -2.24. The molecule has 0 aliphatic heterocycles. The fraction of sp³-hybridized carbons (Fsp3) is 0.805. The molecule has 0 amide bonds. The Morgan fingerprint density at radius 1 is 0.348 bits per heavy atom. The molecule has 536 valence electrons. The van der Waals surface area contributed by atoms with Crippen molar-refractivity contribution in [3.8, 4) is 0 Å². The maximum absolute atomic E-state index is 12.9. The van der Waals surface area contributed by atoms with Crippen LogP contribution in [0.25, 0.3) is 0 Å². The summed E-state index contributed by atoms with van der Waals surface area (Å²) in [5, 5.41) is 0. The lowest BCUT2D eigenvalue weighted by atomic mass is 10.0. The normalized spacial score (nSPS) is 13.5. The summed E-state index contributed by atoms with van der Waals surface area (Å²) >= 11 is 0. The van der Waals surface area contributed by atoms with Crippen LogP contribution in [0.2, 0.25) is 0 Å². The minimum atomic E-state index is -4.40. The van der Waals surface area contributed by atoms with Gasteiger partial charge in [-0.25, -0.2) is 4.57 Å². The van der Waals surface area contributed by atoms with E-state index in [4.69, 9.17) is 18.5 Å². The molecule has 0 spiro atoms. The number of unbranched alkanes of at least 4 members (excludes halogenated alkanes) is 45. The van der Waals surface area contributed by atoms with E-state index in [1.807, 2.05) is 21.1 Å². The van der Waals surface area contributed by atoms with Crippen molar-refractivity contribution >= 4 is 19.8 Å². The lowest BCUT2D eigenvalue weighted by molar-refractivity contribution is -0.870. The third kappa shape index (κ3) is 76.2. The van der Waals surface area contributed by atoms with Crippen molar-refractivity contribution < 1.29 is 42.1 Å². The minimum absolute atomic E-state index is 0.0312. The smallest absolute Gasteiger partial charge is 0.462 e. The molecular formula is C82H151NO8P+. The van der Waals surface area contributed by atoms with Crippen molar-refractivity contribution in [1.29, 1.82) is 0 Å². The summed E-state index contributed by atoms with van der Waals surface area (Å²) in [6.45, 7) is 4.37. The predicted octanol–water partition coefficient (Wildman–Crippen LogP) is 26.1. The Bertz CT molecular complexity index is 1830. The molecule has 2 atom stereocenters. The summed E-state index contributed by atoms with van der Waals surface area (Å²) in [4.78, 5) is 36.0. The number of hydrogen-bond donors (Lipinski definition) is 1. The maximum Gasteiger partial charge on any atom is 0.472 e. The van der Waals surface area contributed by atoms with Gasteiger partial charge in [0.2, 0.25) is 0 Å². The number of nitrogens with zero attached hydrogens (tertiary/aromatic N) is 1. The van der Waals surface area contributed by atoms with Crippen molar-refractivity contribution in [1.82, 2.24) is 0 Å². The molecule has 0 fully saturated rings. The number of ether oxygens (including phenoxy) is 2. The standard InChI is InChI=1S/C82H150NO8P/c1-6-8-10-12-14-16-18-20-22-24-26-28-30-32-34-36-38-40-41-43-44-46-48-50-52-54-56-58-60-62-64-66-68-70-72-74-81(84)88-78-80(79-90-92(86,87)89-77-76-83(3,4)5)91-82(85)75-73-71-69-67-65-63-61-59-57-55-53-51-49-47-45-42-39-37-35-33-31-29-27-25-23-21-19-17-15-13-11-9-7-2/h9,11,15,17,21,23-24,26-27,29,33,35,39,42,80H,6-8,10,12-14,16,18-20,22,25,28,30-32,34,36-38,40-41,43-79H2,1-5H3/p+1/b11-9-,17-15-,23-21-,26-24-,29-27-,35-33-,42-39-. The Hall–Kier alpha value is -2.81. The minimum Gasteiger partial charge on any atom is -0.462 e. The molecule has 0 aliphatic rings. The van der Waals surface area contributed by atoms with E-state index in [1.54, 1.807) is 0 Å². The first kappa shape index (κ1) is 89.2. The predicted molar refractivity (Wildman–Crippen MR) is 399 cm³/mol. The van der Waals surface area contributed by atoms with Gasteiger partial charge in [0.1, 0.15) is 19.8 Å². The number of phosphoric ester groups is 1. The van der Waals surface area contributed by atoms with E-state index in [0.717, 1.165) is 77.0 Å². The first-order chi connectivity index (χ1) is 45.0. The monoisotopic (exact) mass is 1310 g/mol. The number of carbonyl (C=O) groups excluding carboxylic acids is 2. The number of quaternary nitrogens is 1. The van der Waals surface area contributed by atoms with E-state index >= 15 is 0 Å². The zero-order chi connectivity index (χ0) is 66.9. The van der Waals surface area contributed by atoms with Crippen molar-refractivity contribution in [3.63, 3.8) is 0 Å². The molecule has 0 heterocycles. The fourth-order valence-electron chi connectivity index (χ4n) is 11.4. The van der Waals surface area contributed by atoms with E-state index in [0.29, 0.717) is 23.9 Å². The van der Waals surface area contributed by atoms with Crippen molar-refractivity contribution in [2.45, 2.75) is 380 Å². The zero-order valence-electron chi connectivity index (χ0n) is 61.3. The third-order valence-electron chi connectivity index (χ3n) is 17.4. The second kappa shape index (κ2) is 72.5. The molecule has 0 aromatic heterocycles. The molecule has 9 nitrogen and oxygen atoms in total. The highest BCUT2D eigenvalue weighted by Crippen LogP contribution is 2.43. The number of allylic oxidation sites excluding steroid dienone is 14. The Labute approximate surface area is 571 Å². The van der Waals surface area contributed by atoms with Crippen LogP contribution in [0.1, 0.15) is 373 Å². The molecule has 1 N–H and O–H groups in total. The summed E-state index contributed by atoms with van der Waals surface area (Å²) in [5.41, 5.74) is 0. The van der Waals surface area contributed by atoms with Gasteiger partial charge in [-0.3, -0.25) is 18.6 Å². The van der Waals surface area contributed by atoms with E-state index in [2.05, 4.69) is 98.9 Å². The largest absolute Gasteiger partial charge is 0.472 e. The van der Waals surface area contributed by atoms with Crippen LogP contribution in [-0.2, 0) is 32.7 Å². The number of hydrogen-bond acceptors (Lipinski definition) is 7. The van der Waals surface area contributed by atoms with Gasteiger partial charge in [0, 0.05) is 12.8 Å². The molecular weight excluding hydrogens is 1160 g/mol. The first-order valence-corrected chi connectivity index (χ1v) is 40.8. The Morgan fingerprint density at radius 2 is 0.620 bits per heavy atom. The lowest BCUT2D eigenvalue weighted by Crippen LogP contribution is -2.37. The zero-order valence-corrected chi connectivity index (χ0v) is 62.2. The van der Waals surface area contributed by atoms with Gasteiger partial charge in [0.25, 0.3) is 0 Å². The Kier molecular flexibility index (Phi) is 70.2. The number of esters is 2. The van der Waals surface area contributed by atoms with E-state index in [1.165, 1.54) is 263 Å². The summed E-state index contributed by atoms with van der Waals surface area (Å²) in [5.74, 6) is -0.782. The average molecular weight is 1310 g/mol. The second-order valence-corrected chi connectivity index (χ2v) is 29.2. The van der Waals surface area contributed by atoms with Gasteiger partial charge in [-0.15, -0.1) is 0 Å². The van der Waals surface area contributed by atoms with Crippen LogP contribution < -0.4 is 0 Å². The van der Waals surface area contributed by atoms with E-state index in [-0.39, 0.29) is 25.6 Å². The summed E-state index contributed by atoms with van der Waals surface area (Å²) in [6.07, 6.45) is 100. The SMILES string of the molecule is CC/C=C\C/C=C\C/C=C\C/C=C\C/C=C\C/C=C\CCCCCCCCCCCCCCCCC(=O)OC(COC(=O)CCCCCCCCCCCCCCCCCCCCCCCCC/C=C\CCCCCCCCCC)COP(=O)(O)OCC[N+](C)(C)C. The molecule has 10 heteroatoms. The second-order valence-electron chi connectivity index (χ2n) is 27.7. The molecule has 0 aliphatic carbocycles. The number of likely N-dealkylation sites (N-methyl/N-ethyl adjacent to an activating group) is 1. The Morgan fingerprint density at radius 3 is 0.935 bits per heavy atom. The number of rotatable bonds is 73. The summed E-state index contributed by atoms with van der Waals surface area (Å²) in [7, 11) is 1.49. The number of carbonyl (C=O) groups is 2. The van der Waals surface area contributed by atoms with Gasteiger partial charge in [-0.05, 0) is 89.9 Å². The van der Waals surface area contributed by atoms with Crippen LogP contribution in [-0.4, -0.2) is 74.9 Å². The highest BCUT2D eigenvalue weighted by atomic mass is 31.2. The first-order valence-electron chi connectivity index (χ1n) is 39.3. The van der Waals surface area contributed by atoms with Gasteiger partial charge in [0.15, 0.2) is 6.10 Å². The molecule has 0 radical (unpaired) electrons. The quantitative estimate of drug-likeness (QED) is 0.0211. The van der Waals surface area contributed by atoms with Gasteiger partial charge in [-0.2, -0.15) is 0 Å². The van der Waals surface area contributed by atoms with Crippen molar-refractivity contribution in [2.24, 2.45) is 0 Å². The van der Waals surface area contributed by atoms with Gasteiger partial charge < -0.3 is 18.9 Å². The summed E-state index contributed by atoms with van der Waals surface area (Å²) < 4.78 is 34.8.